The fourth-order valence-electron chi connectivity index (χ4n) is 6.77. The van der Waals surface area contributed by atoms with E-state index in [1.807, 2.05) is 55.5 Å². The number of ether oxygens (including phenoxy) is 1. The third-order valence-corrected chi connectivity index (χ3v) is 9.19. The molecule has 0 aromatic heterocycles. The third kappa shape index (κ3) is 5.00. The predicted octanol–water partition coefficient (Wildman–Crippen LogP) is 3.28. The van der Waals surface area contributed by atoms with Gasteiger partial charge in [-0.05, 0) is 43.9 Å². The lowest BCUT2D eigenvalue weighted by atomic mass is 9.70. The van der Waals surface area contributed by atoms with Crippen molar-refractivity contribution in [3.05, 3.63) is 66.2 Å². The van der Waals surface area contributed by atoms with Crippen LogP contribution < -0.4 is 10.6 Å². The first kappa shape index (κ1) is 27.8. The molecule has 39 heavy (non-hydrogen) atoms. The lowest BCUT2D eigenvalue weighted by Crippen LogP contribution is -2.59. The van der Waals surface area contributed by atoms with Crippen molar-refractivity contribution in [1.29, 1.82) is 0 Å². The summed E-state index contributed by atoms with van der Waals surface area (Å²) in [6, 6.07) is 17.0. The van der Waals surface area contributed by atoms with E-state index in [0.29, 0.717) is 18.5 Å². The van der Waals surface area contributed by atoms with Crippen LogP contribution in [0.3, 0.4) is 0 Å². The Morgan fingerprint density at radius 1 is 1.13 bits per heavy atom. The maximum absolute atomic E-state index is 14.3. The zero-order chi connectivity index (χ0) is 27.7. The van der Waals surface area contributed by atoms with Gasteiger partial charge in [-0.1, -0.05) is 77.8 Å². The van der Waals surface area contributed by atoms with Crippen molar-refractivity contribution in [2.45, 2.75) is 74.2 Å². The summed E-state index contributed by atoms with van der Waals surface area (Å²) in [6.45, 7) is 3.68. The number of amides is 3. The fourth-order valence-corrected chi connectivity index (χ4v) is 7.71. The van der Waals surface area contributed by atoms with Gasteiger partial charge in [0.15, 0.2) is 0 Å². The number of likely N-dealkylation sites (tertiary alicyclic amines) is 1. The van der Waals surface area contributed by atoms with Crippen LogP contribution in [-0.2, 0) is 25.5 Å². The number of rotatable bonds is 10. The maximum Gasteiger partial charge on any atom is 0.246 e. The summed E-state index contributed by atoms with van der Waals surface area (Å²) in [4.78, 5) is 43.3. The number of carbonyl (C=O) groups excluding carboxylic acids is 3. The quantitative estimate of drug-likeness (QED) is 0.364. The van der Waals surface area contributed by atoms with Gasteiger partial charge in [0.2, 0.25) is 17.7 Å². The molecular weight excluding hydrogens is 562 g/mol. The van der Waals surface area contributed by atoms with Gasteiger partial charge < -0.3 is 25.4 Å². The molecule has 2 aromatic carbocycles. The molecule has 1 spiro atoms. The number of carbonyl (C=O) groups is 3. The second-order valence-corrected chi connectivity index (χ2v) is 12.2. The molecule has 2 aromatic rings. The third-order valence-electron chi connectivity index (χ3n) is 8.35. The summed E-state index contributed by atoms with van der Waals surface area (Å²) in [7, 11) is 0. The molecule has 3 aliphatic rings. The summed E-state index contributed by atoms with van der Waals surface area (Å²) in [5, 5.41) is 16.6. The number of halogens is 1. The number of aliphatic hydroxyl groups excluding tert-OH is 1. The van der Waals surface area contributed by atoms with Gasteiger partial charge in [0, 0.05) is 16.6 Å². The minimum Gasteiger partial charge on any atom is -0.394 e. The molecule has 0 saturated carbocycles. The highest BCUT2D eigenvalue weighted by Crippen LogP contribution is 2.60. The van der Waals surface area contributed by atoms with Crippen LogP contribution in [0, 0.1) is 11.8 Å². The van der Waals surface area contributed by atoms with Gasteiger partial charge in [-0.3, -0.25) is 14.4 Å². The highest BCUT2D eigenvalue weighted by molar-refractivity contribution is 9.09. The minimum atomic E-state index is -1.17. The van der Waals surface area contributed by atoms with Crippen molar-refractivity contribution >= 4 is 39.3 Å². The Hall–Kier alpha value is -2.75. The molecule has 3 N–H and O–H groups in total. The number of nitrogens with zero attached hydrogens (tertiary/aromatic N) is 1. The topological polar surface area (TPSA) is 108 Å². The molecular formula is C30H36BrN3O5. The number of hydrogen-bond donors (Lipinski definition) is 3. The Labute approximate surface area is 237 Å². The maximum atomic E-state index is 14.3. The second-order valence-electron chi connectivity index (χ2n) is 11.0. The number of para-hydroxylation sites is 1. The van der Waals surface area contributed by atoms with Crippen LogP contribution in [0.25, 0.3) is 0 Å². The second kappa shape index (κ2) is 11.4. The molecule has 2 bridgehead atoms. The van der Waals surface area contributed by atoms with Crippen molar-refractivity contribution < 1.29 is 24.2 Å². The van der Waals surface area contributed by atoms with Gasteiger partial charge in [0.1, 0.15) is 11.6 Å². The first-order chi connectivity index (χ1) is 18.8. The highest BCUT2D eigenvalue weighted by atomic mass is 79.9. The van der Waals surface area contributed by atoms with E-state index in [2.05, 4.69) is 33.5 Å². The van der Waals surface area contributed by atoms with Crippen LogP contribution in [0.5, 0.6) is 0 Å². The average Bonchev–Trinajstić information content (AvgIpc) is 3.52. The standard InChI is InChI=1S/C30H36BrN3O5/c1-3-10-18(2)32-28(37)26-30-16-22(31)25(39-30)23(27(36)33-20-13-8-5-9-14-20)24(30)29(38)34(26)21(17-35)15-19-11-6-4-7-12-19/h4-9,11-14,18,21-26,35H,3,10,15-17H2,1-2H3,(H,32,37)(H,33,36)/t18?,21-,22?,23-,24+,25-,26?,30?/m1/s1. The summed E-state index contributed by atoms with van der Waals surface area (Å²) in [5.41, 5.74) is 0.404. The number of alkyl halides is 1. The molecule has 3 fully saturated rings. The van der Waals surface area contributed by atoms with E-state index in [4.69, 9.17) is 4.74 Å². The average molecular weight is 599 g/mol. The molecule has 208 valence electrons. The first-order valence-electron chi connectivity index (χ1n) is 13.8. The van der Waals surface area contributed by atoms with E-state index in [9.17, 15) is 19.5 Å². The van der Waals surface area contributed by atoms with E-state index in [0.717, 1.165) is 18.4 Å². The van der Waals surface area contributed by atoms with Crippen molar-refractivity contribution in [1.82, 2.24) is 10.2 Å². The molecule has 3 amide bonds. The number of nitrogens with one attached hydrogen (secondary N) is 2. The van der Waals surface area contributed by atoms with Gasteiger partial charge >= 0.3 is 0 Å². The first-order valence-corrected chi connectivity index (χ1v) is 14.7. The van der Waals surface area contributed by atoms with Crippen molar-refractivity contribution in [2.75, 3.05) is 11.9 Å². The predicted molar refractivity (Wildman–Crippen MR) is 151 cm³/mol. The Kier molecular flexibility index (Phi) is 8.12. The molecule has 8 atom stereocenters. The Balaban J connectivity index is 1.52. The molecule has 3 aliphatic heterocycles. The number of hydrogen-bond acceptors (Lipinski definition) is 5. The van der Waals surface area contributed by atoms with E-state index < -0.39 is 35.6 Å². The summed E-state index contributed by atoms with van der Waals surface area (Å²) in [6.07, 6.45) is 1.95. The molecule has 3 saturated heterocycles. The van der Waals surface area contributed by atoms with Gasteiger partial charge in [0.25, 0.3) is 0 Å². The van der Waals surface area contributed by atoms with E-state index in [1.54, 1.807) is 12.1 Å². The molecule has 0 aliphatic carbocycles. The Morgan fingerprint density at radius 2 is 1.79 bits per heavy atom. The summed E-state index contributed by atoms with van der Waals surface area (Å²) in [5.74, 6) is -2.53. The van der Waals surface area contributed by atoms with Crippen LogP contribution in [0.15, 0.2) is 60.7 Å². The highest BCUT2D eigenvalue weighted by Gasteiger charge is 2.77. The smallest absolute Gasteiger partial charge is 0.246 e. The van der Waals surface area contributed by atoms with Crippen LogP contribution >= 0.6 is 15.9 Å². The zero-order valence-corrected chi connectivity index (χ0v) is 23.8. The SMILES string of the molecule is CCCC(C)NC(=O)C1N([C@@H](CO)Cc2ccccc2)C(=O)[C@@H]2[C@@H](C(=O)Nc3ccccc3)[C@@H]3OC12CC3Br. The number of benzene rings is 2. The van der Waals surface area contributed by atoms with E-state index in [-0.39, 0.29) is 35.2 Å². The number of aliphatic hydroxyl groups is 1. The Morgan fingerprint density at radius 3 is 2.44 bits per heavy atom. The van der Waals surface area contributed by atoms with Crippen molar-refractivity contribution in [3.63, 3.8) is 0 Å². The molecule has 4 unspecified atom stereocenters. The molecule has 5 rings (SSSR count). The van der Waals surface area contributed by atoms with Gasteiger partial charge in [0.05, 0.1) is 30.6 Å². The number of fused-ring (bicyclic) bond motifs is 1. The van der Waals surface area contributed by atoms with Crippen molar-refractivity contribution in [2.24, 2.45) is 11.8 Å². The molecule has 3 heterocycles. The van der Waals surface area contributed by atoms with Gasteiger partial charge in [-0.2, -0.15) is 0 Å². The van der Waals surface area contributed by atoms with Crippen LogP contribution in [0.1, 0.15) is 38.7 Å². The van der Waals surface area contributed by atoms with Gasteiger partial charge in [-0.25, -0.2) is 0 Å². The number of anilines is 1. The molecule has 8 nitrogen and oxygen atoms in total. The molecule has 9 heteroatoms. The minimum absolute atomic E-state index is 0.0906. The normalized spacial score (nSPS) is 30.6. The monoisotopic (exact) mass is 597 g/mol. The summed E-state index contributed by atoms with van der Waals surface area (Å²) >= 11 is 3.71. The van der Waals surface area contributed by atoms with Crippen molar-refractivity contribution in [3.8, 4) is 0 Å². The largest absolute Gasteiger partial charge is 0.394 e. The lowest BCUT2D eigenvalue weighted by molar-refractivity contribution is -0.145. The summed E-state index contributed by atoms with van der Waals surface area (Å²) < 4.78 is 6.58. The lowest BCUT2D eigenvalue weighted by Gasteiger charge is -2.37. The van der Waals surface area contributed by atoms with Crippen LogP contribution in [0.2, 0.25) is 0 Å². The van der Waals surface area contributed by atoms with Crippen LogP contribution in [0.4, 0.5) is 5.69 Å². The van der Waals surface area contributed by atoms with E-state index >= 15 is 0 Å². The van der Waals surface area contributed by atoms with E-state index in [1.165, 1.54) is 4.90 Å². The fraction of sp³-hybridized carbons (Fsp3) is 0.500. The van der Waals surface area contributed by atoms with Crippen LogP contribution in [-0.4, -0.2) is 69.0 Å². The molecule has 0 radical (unpaired) electrons. The zero-order valence-electron chi connectivity index (χ0n) is 22.3. The Bertz CT molecular complexity index is 1200. The van der Waals surface area contributed by atoms with Gasteiger partial charge in [-0.15, -0.1) is 0 Å².